The molecule has 1 amide bonds. The normalized spacial score (nSPS) is 16.2. The maximum absolute atomic E-state index is 11.7. The fourth-order valence-corrected chi connectivity index (χ4v) is 3.78. The first-order valence-corrected chi connectivity index (χ1v) is 9.00. The van der Waals surface area contributed by atoms with Crippen molar-refractivity contribution in [1.29, 1.82) is 0 Å². The molecule has 0 radical (unpaired) electrons. The number of rotatable bonds is 6. The molecular formula is C17H22ClNOS. The van der Waals surface area contributed by atoms with Crippen LogP contribution in [0.2, 0.25) is 5.02 Å². The minimum Gasteiger partial charge on any atom is -0.352 e. The molecule has 2 rings (SSSR count). The van der Waals surface area contributed by atoms with Gasteiger partial charge in [-0.2, -0.15) is 11.8 Å². The molecule has 0 atom stereocenters. The van der Waals surface area contributed by atoms with Crippen LogP contribution >= 0.6 is 23.4 Å². The van der Waals surface area contributed by atoms with Crippen molar-refractivity contribution < 1.29 is 4.79 Å². The van der Waals surface area contributed by atoms with Gasteiger partial charge in [0, 0.05) is 28.6 Å². The van der Waals surface area contributed by atoms with Gasteiger partial charge in [-0.1, -0.05) is 43.0 Å². The second-order valence-corrected chi connectivity index (χ2v) is 7.15. The van der Waals surface area contributed by atoms with Crippen molar-refractivity contribution in [3.8, 4) is 0 Å². The highest BCUT2D eigenvalue weighted by molar-refractivity contribution is 7.99. The zero-order valence-electron chi connectivity index (χ0n) is 12.2. The molecule has 0 heterocycles. The summed E-state index contributed by atoms with van der Waals surface area (Å²) in [6.07, 6.45) is 10.2. The van der Waals surface area contributed by atoms with E-state index in [0.29, 0.717) is 5.02 Å². The van der Waals surface area contributed by atoms with Crippen LogP contribution in [0.15, 0.2) is 30.3 Å². The third-order valence-corrected chi connectivity index (χ3v) is 5.24. The highest BCUT2D eigenvalue weighted by atomic mass is 35.5. The van der Waals surface area contributed by atoms with Gasteiger partial charge in [0.2, 0.25) is 5.91 Å². The minimum absolute atomic E-state index is 0.0332. The van der Waals surface area contributed by atoms with Gasteiger partial charge >= 0.3 is 0 Å². The highest BCUT2D eigenvalue weighted by Gasteiger charge is 2.12. The van der Waals surface area contributed by atoms with Crippen molar-refractivity contribution in [2.45, 2.75) is 37.4 Å². The van der Waals surface area contributed by atoms with Crippen LogP contribution in [0.5, 0.6) is 0 Å². The summed E-state index contributed by atoms with van der Waals surface area (Å²) < 4.78 is 0. The molecule has 1 aliphatic rings. The van der Waals surface area contributed by atoms with Gasteiger partial charge in [0.1, 0.15) is 0 Å². The van der Waals surface area contributed by atoms with E-state index < -0.39 is 0 Å². The van der Waals surface area contributed by atoms with Crippen molar-refractivity contribution in [3.63, 3.8) is 0 Å². The number of benzene rings is 1. The maximum Gasteiger partial charge on any atom is 0.244 e. The van der Waals surface area contributed by atoms with Crippen molar-refractivity contribution in [3.05, 3.63) is 40.9 Å². The van der Waals surface area contributed by atoms with Crippen LogP contribution in [0.3, 0.4) is 0 Å². The maximum atomic E-state index is 11.7. The number of carbonyl (C=O) groups is 1. The summed E-state index contributed by atoms with van der Waals surface area (Å²) in [4.78, 5) is 11.7. The van der Waals surface area contributed by atoms with E-state index in [4.69, 9.17) is 11.6 Å². The van der Waals surface area contributed by atoms with E-state index in [2.05, 4.69) is 5.32 Å². The summed E-state index contributed by atoms with van der Waals surface area (Å²) in [7, 11) is 0. The third kappa shape index (κ3) is 6.58. The Kier molecular flexibility index (Phi) is 7.17. The van der Waals surface area contributed by atoms with Gasteiger partial charge in [0.15, 0.2) is 0 Å². The Morgan fingerprint density at radius 1 is 1.24 bits per heavy atom. The zero-order valence-corrected chi connectivity index (χ0v) is 13.8. The lowest BCUT2D eigenvalue weighted by Crippen LogP contribution is -2.24. The van der Waals surface area contributed by atoms with Gasteiger partial charge in [-0.15, -0.1) is 0 Å². The second-order valence-electron chi connectivity index (χ2n) is 5.31. The standard InChI is InChI=1S/C17H22ClNOS/c18-15-9-6-14(7-10-15)8-11-17(20)19-12-13-21-16-4-2-1-3-5-16/h6-11,16H,1-5,12-13H2,(H,19,20)/b11-8+. The molecule has 1 fully saturated rings. The molecule has 1 aliphatic carbocycles. The molecule has 1 aromatic carbocycles. The van der Waals surface area contributed by atoms with Crippen molar-refractivity contribution in [2.24, 2.45) is 0 Å². The fraction of sp³-hybridized carbons (Fsp3) is 0.471. The Hall–Kier alpha value is -0.930. The fourth-order valence-electron chi connectivity index (χ4n) is 2.44. The number of halogens is 1. The monoisotopic (exact) mass is 323 g/mol. The Morgan fingerprint density at radius 2 is 1.95 bits per heavy atom. The van der Waals surface area contributed by atoms with E-state index in [9.17, 15) is 4.79 Å². The Bertz CT molecular complexity index is 466. The van der Waals surface area contributed by atoms with Gasteiger partial charge in [0.05, 0.1) is 0 Å². The lowest BCUT2D eigenvalue weighted by molar-refractivity contribution is -0.116. The van der Waals surface area contributed by atoms with E-state index in [0.717, 1.165) is 23.1 Å². The summed E-state index contributed by atoms with van der Waals surface area (Å²) in [6.45, 7) is 0.741. The second kappa shape index (κ2) is 9.16. The van der Waals surface area contributed by atoms with E-state index in [1.165, 1.54) is 32.1 Å². The number of carbonyl (C=O) groups excluding carboxylic acids is 1. The first-order valence-electron chi connectivity index (χ1n) is 7.57. The first kappa shape index (κ1) is 16.4. The molecule has 0 spiro atoms. The van der Waals surface area contributed by atoms with Gasteiger partial charge in [-0.05, 0) is 36.6 Å². The number of amides is 1. The van der Waals surface area contributed by atoms with Crippen LogP contribution < -0.4 is 5.32 Å². The Morgan fingerprint density at radius 3 is 2.67 bits per heavy atom. The molecule has 4 heteroatoms. The third-order valence-electron chi connectivity index (χ3n) is 3.60. The Balaban J connectivity index is 1.61. The van der Waals surface area contributed by atoms with E-state index in [-0.39, 0.29) is 5.91 Å². The van der Waals surface area contributed by atoms with Gasteiger partial charge in [-0.25, -0.2) is 0 Å². The largest absolute Gasteiger partial charge is 0.352 e. The first-order chi connectivity index (χ1) is 10.2. The molecule has 1 N–H and O–H groups in total. The Labute approximate surface area is 136 Å². The van der Waals surface area contributed by atoms with Crippen LogP contribution in [-0.2, 0) is 4.79 Å². The van der Waals surface area contributed by atoms with Gasteiger partial charge < -0.3 is 5.32 Å². The van der Waals surface area contributed by atoms with E-state index >= 15 is 0 Å². The van der Waals surface area contributed by atoms with Crippen LogP contribution in [0.1, 0.15) is 37.7 Å². The number of hydrogen-bond donors (Lipinski definition) is 1. The summed E-state index contributed by atoms with van der Waals surface area (Å²) in [5.41, 5.74) is 0.978. The summed E-state index contributed by atoms with van der Waals surface area (Å²) in [5.74, 6) is 0.972. The minimum atomic E-state index is -0.0332. The van der Waals surface area contributed by atoms with Gasteiger partial charge in [-0.3, -0.25) is 4.79 Å². The number of nitrogens with one attached hydrogen (secondary N) is 1. The molecule has 0 bridgehead atoms. The molecule has 0 aliphatic heterocycles. The van der Waals surface area contributed by atoms with Gasteiger partial charge in [0.25, 0.3) is 0 Å². The molecular weight excluding hydrogens is 302 g/mol. The molecule has 0 aromatic heterocycles. The van der Waals surface area contributed by atoms with Crippen LogP contribution in [-0.4, -0.2) is 23.5 Å². The van der Waals surface area contributed by atoms with Crippen LogP contribution in [0, 0.1) is 0 Å². The molecule has 2 nitrogen and oxygen atoms in total. The van der Waals surface area contributed by atoms with E-state index in [1.54, 1.807) is 12.2 Å². The summed E-state index contributed by atoms with van der Waals surface area (Å²) in [5, 5.41) is 4.44. The number of thioether (sulfide) groups is 1. The van der Waals surface area contributed by atoms with Crippen LogP contribution in [0.4, 0.5) is 0 Å². The molecule has 0 unspecified atom stereocenters. The van der Waals surface area contributed by atoms with Crippen molar-refractivity contribution >= 4 is 35.3 Å². The summed E-state index contributed by atoms with van der Waals surface area (Å²) >= 11 is 7.82. The molecule has 114 valence electrons. The summed E-state index contributed by atoms with van der Waals surface area (Å²) in [6, 6.07) is 7.43. The molecule has 21 heavy (non-hydrogen) atoms. The lowest BCUT2D eigenvalue weighted by atomic mass is 10.0. The van der Waals surface area contributed by atoms with E-state index in [1.807, 2.05) is 36.0 Å². The SMILES string of the molecule is O=C(/C=C/c1ccc(Cl)cc1)NCCSC1CCCCC1. The predicted octanol–water partition coefficient (Wildman–Crippen LogP) is 4.54. The molecule has 1 saturated carbocycles. The zero-order chi connectivity index (χ0) is 14.9. The van der Waals surface area contributed by atoms with Crippen molar-refractivity contribution in [2.75, 3.05) is 12.3 Å². The highest BCUT2D eigenvalue weighted by Crippen LogP contribution is 2.27. The predicted molar refractivity (Wildman–Crippen MR) is 92.8 cm³/mol. The smallest absolute Gasteiger partial charge is 0.244 e. The molecule has 0 saturated heterocycles. The quantitative estimate of drug-likeness (QED) is 0.615. The topological polar surface area (TPSA) is 29.1 Å². The molecule has 1 aromatic rings. The van der Waals surface area contributed by atoms with Crippen LogP contribution in [0.25, 0.3) is 6.08 Å². The average molecular weight is 324 g/mol. The lowest BCUT2D eigenvalue weighted by Gasteiger charge is -2.20. The number of hydrogen-bond acceptors (Lipinski definition) is 2. The average Bonchev–Trinajstić information content (AvgIpc) is 2.52. The van der Waals surface area contributed by atoms with Crippen molar-refractivity contribution in [1.82, 2.24) is 5.32 Å².